The monoisotopic (exact) mass is 610 g/mol. The topological polar surface area (TPSA) is 93.7 Å². The van der Waals surface area contributed by atoms with Gasteiger partial charge in [0, 0.05) is 13.8 Å². The van der Waals surface area contributed by atoms with Gasteiger partial charge in [0.15, 0.2) is 6.10 Å². The predicted octanol–water partition coefficient (Wildman–Crippen LogP) is 6.61. The molecule has 0 radical (unpaired) electrons. The Balaban J connectivity index is 1.28. The molecule has 1 aliphatic carbocycles. The summed E-state index contributed by atoms with van der Waals surface area (Å²) in [4.78, 5) is 40.6. The van der Waals surface area contributed by atoms with Gasteiger partial charge in [0.05, 0.1) is 12.0 Å². The van der Waals surface area contributed by atoms with Crippen LogP contribution in [-0.4, -0.2) is 35.7 Å². The minimum Gasteiger partial charge on any atom is -0.432 e. The van der Waals surface area contributed by atoms with E-state index < -0.39 is 35.2 Å². The summed E-state index contributed by atoms with van der Waals surface area (Å²) in [7, 11) is 0. The highest BCUT2D eigenvalue weighted by Crippen LogP contribution is 2.33. The van der Waals surface area contributed by atoms with E-state index in [-0.39, 0.29) is 17.9 Å². The normalized spacial score (nSPS) is 20.2. The number of rotatable bonds is 10. The van der Waals surface area contributed by atoms with E-state index in [1.165, 1.54) is 16.7 Å². The van der Waals surface area contributed by atoms with Crippen LogP contribution in [-0.2, 0) is 36.7 Å². The fraction of sp³-hybridized carbons (Fsp3) is 0.447. The molecule has 1 aliphatic heterocycles. The van der Waals surface area contributed by atoms with E-state index in [0.29, 0.717) is 12.8 Å². The van der Waals surface area contributed by atoms with Crippen LogP contribution in [0.3, 0.4) is 0 Å². The van der Waals surface area contributed by atoms with E-state index in [2.05, 4.69) is 66.1 Å². The second-order valence-electron chi connectivity index (χ2n) is 14.0. The van der Waals surface area contributed by atoms with E-state index in [0.717, 1.165) is 36.0 Å². The largest absolute Gasteiger partial charge is 0.432 e. The van der Waals surface area contributed by atoms with Gasteiger partial charge in [0.1, 0.15) is 6.04 Å². The minimum absolute atomic E-state index is 0.0996. The van der Waals surface area contributed by atoms with Crippen LogP contribution in [0.2, 0.25) is 0 Å². The van der Waals surface area contributed by atoms with Crippen molar-refractivity contribution >= 4 is 17.8 Å². The fourth-order valence-corrected chi connectivity index (χ4v) is 6.51. The summed E-state index contributed by atoms with van der Waals surface area (Å²) >= 11 is 0. The molecular formula is C38H46N2O5. The quantitative estimate of drug-likeness (QED) is 0.252. The van der Waals surface area contributed by atoms with Crippen molar-refractivity contribution < 1.29 is 23.9 Å². The van der Waals surface area contributed by atoms with Gasteiger partial charge in [-0.3, -0.25) is 9.59 Å². The Morgan fingerprint density at radius 1 is 0.956 bits per heavy atom. The highest BCUT2D eigenvalue weighted by molar-refractivity contribution is 5.92. The van der Waals surface area contributed by atoms with E-state index in [9.17, 15) is 14.4 Å². The molecular weight excluding hydrogens is 564 g/mol. The van der Waals surface area contributed by atoms with E-state index in [1.54, 1.807) is 13.8 Å². The molecule has 7 nitrogen and oxygen atoms in total. The number of hydrogen-bond acceptors (Lipinski definition) is 5. The maximum Gasteiger partial charge on any atom is 0.338 e. The Morgan fingerprint density at radius 3 is 2.31 bits per heavy atom. The first kappa shape index (κ1) is 32.4. The maximum atomic E-state index is 14.0. The Labute approximate surface area is 267 Å². The first-order valence-electron chi connectivity index (χ1n) is 16.1. The standard InChI is InChI=1S/C38H46N2O5/c1-24-12-7-9-15-28(24)27-20-18-25(19-21-27)13-11-17-30(32-36(43)45-38(5,6)44-32)34(41)40-33(37(2,3)4)35(42)39-31-23-22-26-14-8-10-16-29(26)31/h7-10,12,14-16,18-21,30-33H,11,13,17,22-23H2,1-6H3,(H,39,42)(H,40,41)/t30-,31-,32+,33-/m1/s1. The SMILES string of the molecule is Cc1ccccc1-c1ccc(CCC[C@@H](C(=O)N[C@H](C(=O)N[C@@H]2CCc3ccccc32)C(C)(C)C)[C@@H]2OC(C)(C)OC2=O)cc1. The van der Waals surface area contributed by atoms with Gasteiger partial charge in [-0.1, -0.05) is 93.6 Å². The average Bonchev–Trinajstić information content (AvgIpc) is 3.52. The molecule has 2 aliphatic rings. The summed E-state index contributed by atoms with van der Waals surface area (Å²) in [6, 6.07) is 24.0. The summed E-state index contributed by atoms with van der Waals surface area (Å²) in [6.45, 7) is 11.2. The first-order valence-corrected chi connectivity index (χ1v) is 16.1. The van der Waals surface area contributed by atoms with E-state index in [1.807, 2.05) is 45.0 Å². The number of cyclic esters (lactones) is 1. The molecule has 7 heteroatoms. The van der Waals surface area contributed by atoms with Gasteiger partial charge >= 0.3 is 5.97 Å². The van der Waals surface area contributed by atoms with Crippen molar-refractivity contribution in [3.63, 3.8) is 0 Å². The molecule has 2 amide bonds. The number of fused-ring (bicyclic) bond motifs is 1. The van der Waals surface area contributed by atoms with Crippen LogP contribution in [0.5, 0.6) is 0 Å². The zero-order chi connectivity index (χ0) is 32.4. The van der Waals surface area contributed by atoms with Gasteiger partial charge in [0.2, 0.25) is 17.6 Å². The van der Waals surface area contributed by atoms with Gasteiger partial charge in [-0.25, -0.2) is 4.79 Å². The molecule has 2 N–H and O–H groups in total. The van der Waals surface area contributed by atoms with Crippen LogP contribution in [0.15, 0.2) is 72.8 Å². The third-order valence-corrected chi connectivity index (χ3v) is 8.95. The third-order valence-electron chi connectivity index (χ3n) is 8.95. The van der Waals surface area contributed by atoms with Crippen LogP contribution >= 0.6 is 0 Å². The Bertz CT molecular complexity index is 1540. The third kappa shape index (κ3) is 7.64. The Kier molecular flexibility index (Phi) is 9.49. The summed E-state index contributed by atoms with van der Waals surface area (Å²) in [5.41, 5.74) is 6.52. The lowest BCUT2D eigenvalue weighted by atomic mass is 9.84. The number of nitrogens with one attached hydrogen (secondary N) is 2. The number of hydrogen-bond donors (Lipinski definition) is 2. The Morgan fingerprint density at radius 2 is 1.64 bits per heavy atom. The number of aryl methyl sites for hydroxylation is 3. The molecule has 0 bridgehead atoms. The molecule has 4 atom stereocenters. The highest BCUT2D eigenvalue weighted by atomic mass is 16.8. The molecule has 1 fully saturated rings. The molecule has 1 heterocycles. The number of benzene rings is 3. The summed E-state index contributed by atoms with van der Waals surface area (Å²) < 4.78 is 11.4. The fourth-order valence-electron chi connectivity index (χ4n) is 6.51. The number of ether oxygens (including phenoxy) is 2. The number of carbonyl (C=O) groups is 3. The van der Waals surface area contributed by atoms with E-state index in [4.69, 9.17) is 9.47 Å². The highest BCUT2D eigenvalue weighted by Gasteiger charge is 2.48. The van der Waals surface area contributed by atoms with Crippen molar-refractivity contribution in [1.29, 1.82) is 0 Å². The van der Waals surface area contributed by atoms with Crippen LogP contribution in [0.4, 0.5) is 0 Å². The minimum atomic E-state index is -1.12. The summed E-state index contributed by atoms with van der Waals surface area (Å²) in [5, 5.41) is 6.21. The van der Waals surface area contributed by atoms with Gasteiger partial charge in [0.25, 0.3) is 0 Å². The van der Waals surface area contributed by atoms with Crippen molar-refractivity contribution in [1.82, 2.24) is 10.6 Å². The number of amides is 2. The van der Waals surface area contributed by atoms with Crippen molar-refractivity contribution in [3.8, 4) is 11.1 Å². The molecule has 0 aromatic heterocycles. The molecule has 0 spiro atoms. The van der Waals surface area contributed by atoms with Gasteiger partial charge in [-0.05, 0) is 77.8 Å². The van der Waals surface area contributed by atoms with Crippen LogP contribution in [0.25, 0.3) is 11.1 Å². The molecule has 3 aromatic carbocycles. The maximum absolute atomic E-state index is 14.0. The number of carbonyl (C=O) groups excluding carboxylic acids is 3. The average molecular weight is 611 g/mol. The van der Waals surface area contributed by atoms with Gasteiger partial charge in [-0.2, -0.15) is 0 Å². The van der Waals surface area contributed by atoms with Crippen molar-refractivity contribution in [2.24, 2.45) is 11.3 Å². The second kappa shape index (κ2) is 13.2. The van der Waals surface area contributed by atoms with Crippen molar-refractivity contribution in [2.75, 3.05) is 0 Å². The van der Waals surface area contributed by atoms with Gasteiger partial charge < -0.3 is 20.1 Å². The molecule has 3 aromatic rings. The molecule has 5 rings (SSSR count). The van der Waals surface area contributed by atoms with Crippen molar-refractivity contribution in [3.05, 3.63) is 95.1 Å². The summed E-state index contributed by atoms with van der Waals surface area (Å²) in [6.07, 6.45) is 2.46. The zero-order valence-electron chi connectivity index (χ0n) is 27.3. The lowest BCUT2D eigenvalue weighted by molar-refractivity contribution is -0.162. The molecule has 1 saturated heterocycles. The molecule has 45 heavy (non-hydrogen) atoms. The van der Waals surface area contributed by atoms with E-state index >= 15 is 0 Å². The van der Waals surface area contributed by atoms with Crippen LogP contribution in [0, 0.1) is 18.3 Å². The smallest absolute Gasteiger partial charge is 0.338 e. The Hall–Kier alpha value is -3.97. The lowest BCUT2D eigenvalue weighted by Gasteiger charge is -2.33. The van der Waals surface area contributed by atoms with Crippen LogP contribution < -0.4 is 10.6 Å². The molecule has 238 valence electrons. The lowest BCUT2D eigenvalue weighted by Crippen LogP contribution is -2.56. The van der Waals surface area contributed by atoms with Gasteiger partial charge in [-0.15, -0.1) is 0 Å². The zero-order valence-corrected chi connectivity index (χ0v) is 27.3. The van der Waals surface area contributed by atoms with Crippen molar-refractivity contribution in [2.45, 2.75) is 97.6 Å². The number of esters is 1. The predicted molar refractivity (Wildman–Crippen MR) is 175 cm³/mol. The summed E-state index contributed by atoms with van der Waals surface area (Å²) in [5.74, 6) is -3.10. The van der Waals surface area contributed by atoms with Crippen LogP contribution in [0.1, 0.15) is 82.2 Å². The first-order chi connectivity index (χ1) is 21.3. The molecule has 0 saturated carbocycles. The second-order valence-corrected chi connectivity index (χ2v) is 14.0. The molecule has 0 unspecified atom stereocenters.